The number of hydrogen-bond acceptors (Lipinski definition) is 6. The van der Waals surface area contributed by atoms with E-state index in [1.807, 2.05) is 0 Å². The third kappa shape index (κ3) is 7.87. The summed E-state index contributed by atoms with van der Waals surface area (Å²) in [6.07, 6.45) is 7.95. The highest BCUT2D eigenvalue weighted by Gasteiger charge is 2.34. The van der Waals surface area contributed by atoms with E-state index in [2.05, 4.69) is 4.52 Å². The molecule has 1 aliphatic carbocycles. The first-order valence-corrected chi connectivity index (χ1v) is 11.1. The highest BCUT2D eigenvalue weighted by molar-refractivity contribution is 7.46. The first-order chi connectivity index (χ1) is 13.2. The van der Waals surface area contributed by atoms with Gasteiger partial charge in [-0.25, -0.2) is 4.57 Å². The van der Waals surface area contributed by atoms with Crippen LogP contribution in [0.5, 0.6) is 0 Å². The van der Waals surface area contributed by atoms with Gasteiger partial charge in [0.05, 0.1) is 20.8 Å². The van der Waals surface area contributed by atoms with Crippen LogP contribution in [0, 0.1) is 0 Å². The molecule has 28 heavy (non-hydrogen) atoms. The first kappa shape index (κ1) is 24.6. The summed E-state index contributed by atoms with van der Waals surface area (Å²) < 4.78 is 25.0. The molecule has 0 aromatic rings. The molecular weight excluding hydrogens is 387 g/mol. The van der Waals surface area contributed by atoms with Gasteiger partial charge in [-0.2, -0.15) is 0 Å². The maximum atomic E-state index is 12.5. The quantitative estimate of drug-likeness (QED) is 0.250. The molecule has 1 aliphatic rings. The summed E-state index contributed by atoms with van der Waals surface area (Å²) >= 11 is 0. The first-order valence-electron chi connectivity index (χ1n) is 9.54. The van der Waals surface area contributed by atoms with E-state index in [1.54, 1.807) is 6.92 Å². The number of phosphoric acid groups is 1. The van der Waals surface area contributed by atoms with Crippen LogP contribution in [-0.2, 0) is 28.2 Å². The molecule has 0 atom stereocenters. The minimum atomic E-state index is -4.34. The van der Waals surface area contributed by atoms with Gasteiger partial charge in [0, 0.05) is 11.1 Å². The van der Waals surface area contributed by atoms with Crippen LogP contribution >= 0.6 is 7.82 Å². The number of carbonyl (C=O) groups is 2. The highest BCUT2D eigenvalue weighted by atomic mass is 31.2. The van der Waals surface area contributed by atoms with Crippen LogP contribution in [0.1, 0.15) is 64.7 Å². The van der Waals surface area contributed by atoms with Crippen molar-refractivity contribution < 1.29 is 37.9 Å². The molecule has 0 radical (unpaired) electrons. The van der Waals surface area contributed by atoms with Crippen molar-refractivity contribution in [2.45, 2.75) is 64.7 Å². The van der Waals surface area contributed by atoms with E-state index in [4.69, 9.17) is 19.3 Å². The topological polar surface area (TPSA) is 119 Å². The van der Waals surface area contributed by atoms with Gasteiger partial charge >= 0.3 is 7.82 Å². The highest BCUT2D eigenvalue weighted by Crippen LogP contribution is 2.35. The molecule has 0 fully saturated rings. The molecule has 0 heterocycles. The number of phosphoric ester groups is 1. The van der Waals surface area contributed by atoms with Crippen molar-refractivity contribution in [1.29, 1.82) is 0 Å². The Hall–Kier alpha value is -1.47. The van der Waals surface area contributed by atoms with Crippen molar-refractivity contribution in [3.05, 3.63) is 22.7 Å². The molecule has 0 aliphatic heterocycles. The molecule has 0 amide bonds. The Labute approximate surface area is 166 Å². The minimum Gasteiger partial charge on any atom is -0.489 e. The van der Waals surface area contributed by atoms with Crippen molar-refractivity contribution in [1.82, 2.24) is 0 Å². The standard InChI is InChI=1S/C19H31O8P/c1-14-15(17(21)19(26-3)18(25-2)16(14)20)12-10-8-6-4-5-7-9-11-13-27-28(22,23)24/h4-13H2,1-3H3,(H2,22,23,24). The predicted molar refractivity (Wildman–Crippen MR) is 103 cm³/mol. The second kappa shape index (κ2) is 12.2. The molecule has 0 aromatic carbocycles. The number of unbranched alkanes of at least 4 members (excludes halogenated alkanes) is 7. The molecule has 0 saturated heterocycles. The number of methoxy groups -OCH3 is 2. The Morgan fingerprint density at radius 2 is 1.25 bits per heavy atom. The summed E-state index contributed by atoms with van der Waals surface area (Å²) in [5.74, 6) is -0.610. The largest absolute Gasteiger partial charge is 0.489 e. The molecule has 0 bridgehead atoms. The van der Waals surface area contributed by atoms with E-state index < -0.39 is 7.82 Å². The van der Waals surface area contributed by atoms with Crippen LogP contribution < -0.4 is 0 Å². The van der Waals surface area contributed by atoms with Crippen LogP contribution in [0.2, 0.25) is 0 Å². The molecule has 0 aromatic heterocycles. The van der Waals surface area contributed by atoms with Crippen molar-refractivity contribution in [3.8, 4) is 0 Å². The normalized spacial score (nSPS) is 15.5. The number of ketones is 2. The zero-order valence-corrected chi connectivity index (χ0v) is 17.8. The molecule has 0 unspecified atom stereocenters. The lowest BCUT2D eigenvalue weighted by Gasteiger charge is -2.20. The van der Waals surface area contributed by atoms with E-state index in [1.165, 1.54) is 14.2 Å². The van der Waals surface area contributed by atoms with Crippen molar-refractivity contribution in [2.75, 3.05) is 20.8 Å². The van der Waals surface area contributed by atoms with Crippen molar-refractivity contribution >= 4 is 19.4 Å². The van der Waals surface area contributed by atoms with Crippen LogP contribution in [0.4, 0.5) is 0 Å². The zero-order valence-electron chi connectivity index (χ0n) is 16.9. The fourth-order valence-corrected chi connectivity index (χ4v) is 3.51. The van der Waals surface area contributed by atoms with Crippen LogP contribution in [0.25, 0.3) is 0 Å². The summed E-state index contributed by atoms with van der Waals surface area (Å²) in [7, 11) is -1.64. The van der Waals surface area contributed by atoms with E-state index in [0.29, 0.717) is 24.0 Å². The monoisotopic (exact) mass is 418 g/mol. The third-order valence-electron chi connectivity index (χ3n) is 4.67. The lowest BCUT2D eigenvalue weighted by atomic mass is 9.89. The Morgan fingerprint density at radius 3 is 1.75 bits per heavy atom. The smallest absolute Gasteiger partial charge is 0.469 e. The molecule has 2 N–H and O–H groups in total. The van der Waals surface area contributed by atoms with Crippen LogP contribution in [0.3, 0.4) is 0 Å². The number of allylic oxidation sites excluding steroid dienone is 2. The SMILES string of the molecule is COC1=C(OC)C(=O)C(CCCCCCCCCCOP(=O)(O)O)=C(C)C1=O. The second-order valence-electron chi connectivity index (χ2n) is 6.73. The summed E-state index contributed by atoms with van der Waals surface area (Å²) in [6.45, 7) is 1.73. The number of rotatable bonds is 14. The fraction of sp³-hybridized carbons (Fsp3) is 0.684. The van der Waals surface area contributed by atoms with Crippen molar-refractivity contribution in [3.63, 3.8) is 0 Å². The van der Waals surface area contributed by atoms with Crippen LogP contribution in [0.15, 0.2) is 22.7 Å². The molecule has 9 heteroatoms. The summed E-state index contributed by atoms with van der Waals surface area (Å²) in [5, 5.41) is 0. The van der Waals surface area contributed by atoms with Gasteiger partial charge in [0.2, 0.25) is 23.1 Å². The van der Waals surface area contributed by atoms with Gasteiger partial charge in [-0.1, -0.05) is 38.5 Å². The lowest BCUT2D eigenvalue weighted by molar-refractivity contribution is -0.121. The second-order valence-corrected chi connectivity index (χ2v) is 7.97. The molecular formula is C19H31O8P. The maximum Gasteiger partial charge on any atom is 0.469 e. The minimum absolute atomic E-state index is 0.0178. The molecule has 160 valence electrons. The van der Waals surface area contributed by atoms with Crippen LogP contribution in [-0.4, -0.2) is 42.2 Å². The Balaban J connectivity index is 2.23. The van der Waals surface area contributed by atoms with Gasteiger partial charge in [0.15, 0.2) is 0 Å². The van der Waals surface area contributed by atoms with Crippen molar-refractivity contribution in [2.24, 2.45) is 0 Å². The molecule has 1 rings (SSSR count). The van der Waals surface area contributed by atoms with Gasteiger partial charge < -0.3 is 19.3 Å². The average Bonchev–Trinajstić information content (AvgIpc) is 2.63. The number of ether oxygens (including phenoxy) is 2. The predicted octanol–water partition coefficient (Wildman–Crippen LogP) is 3.58. The van der Waals surface area contributed by atoms with Gasteiger partial charge in [0.25, 0.3) is 0 Å². The third-order valence-corrected chi connectivity index (χ3v) is 5.19. The number of carbonyl (C=O) groups excluding carboxylic acids is 2. The van der Waals surface area contributed by atoms with E-state index >= 15 is 0 Å². The van der Waals surface area contributed by atoms with Gasteiger partial charge in [-0.05, 0) is 26.2 Å². The lowest BCUT2D eigenvalue weighted by Crippen LogP contribution is -2.25. The Bertz CT molecular complexity index is 659. The zero-order chi connectivity index (χ0) is 21.2. The van der Waals surface area contributed by atoms with Gasteiger partial charge in [-0.15, -0.1) is 0 Å². The molecule has 0 spiro atoms. The van der Waals surface area contributed by atoms with E-state index in [9.17, 15) is 14.2 Å². The fourth-order valence-electron chi connectivity index (χ4n) is 3.14. The molecule has 0 saturated carbocycles. The summed E-state index contributed by atoms with van der Waals surface area (Å²) in [5.41, 5.74) is 0.938. The Morgan fingerprint density at radius 1 is 0.786 bits per heavy atom. The van der Waals surface area contributed by atoms with E-state index in [0.717, 1.165) is 44.9 Å². The number of hydrogen-bond donors (Lipinski definition) is 2. The Kier molecular flexibility index (Phi) is 10.7. The average molecular weight is 418 g/mol. The van der Waals surface area contributed by atoms with Gasteiger partial charge in [0.1, 0.15) is 0 Å². The van der Waals surface area contributed by atoms with E-state index in [-0.39, 0.29) is 29.7 Å². The molecule has 8 nitrogen and oxygen atoms in total. The summed E-state index contributed by atoms with van der Waals surface area (Å²) in [6, 6.07) is 0. The maximum absolute atomic E-state index is 12.5. The number of Topliss-reactive ketones (excluding diaryl/α,β-unsaturated/α-hetero) is 2. The summed E-state index contributed by atoms with van der Waals surface area (Å²) in [4.78, 5) is 41.9. The van der Waals surface area contributed by atoms with Gasteiger partial charge in [-0.3, -0.25) is 14.1 Å².